The van der Waals surface area contributed by atoms with Crippen LogP contribution in [0.1, 0.15) is 0 Å². The van der Waals surface area contributed by atoms with Gasteiger partial charge in [0, 0.05) is 47.7 Å². The van der Waals surface area contributed by atoms with E-state index in [-0.39, 0.29) is 0 Å². The van der Waals surface area contributed by atoms with Crippen molar-refractivity contribution in [2.24, 2.45) is 0 Å². The van der Waals surface area contributed by atoms with Gasteiger partial charge in [0.15, 0.2) is 0 Å². The van der Waals surface area contributed by atoms with Crippen molar-refractivity contribution in [1.29, 1.82) is 0 Å². The van der Waals surface area contributed by atoms with Crippen LogP contribution in [0.3, 0.4) is 0 Å². The number of hydrogen-bond acceptors (Lipinski definition) is 3. The van der Waals surface area contributed by atoms with E-state index in [2.05, 4.69) is 193 Å². The Bertz CT molecular complexity index is 3170. The molecule has 2 aromatic heterocycles. The third kappa shape index (κ3) is 4.86. The Balaban J connectivity index is 1.16. The lowest BCUT2D eigenvalue weighted by molar-refractivity contribution is 0.673. The molecule has 0 unspecified atom stereocenters. The fourth-order valence-corrected chi connectivity index (χ4v) is 9.25. The standard InChI is InChI=1S/C50H31NOS/c1-2-12-34(13-3-1)42-30-37-15-6-7-16-40(37)50-48(42)43-31-39(27-28-45(43)52-50)51(44-18-10-20-47-49(44)41-17-8-9-19-46(41)53-47)38-25-23-33(24-26-38)36-22-21-32-11-4-5-14-35(32)29-36/h1-31H. The highest BCUT2D eigenvalue weighted by Gasteiger charge is 2.22. The molecule has 11 rings (SSSR count). The monoisotopic (exact) mass is 693 g/mol. The summed E-state index contributed by atoms with van der Waals surface area (Å²) in [5.41, 5.74) is 9.87. The van der Waals surface area contributed by atoms with Gasteiger partial charge in [-0.1, -0.05) is 127 Å². The highest BCUT2D eigenvalue weighted by atomic mass is 32.1. The van der Waals surface area contributed by atoms with Gasteiger partial charge in [-0.15, -0.1) is 11.3 Å². The molecule has 0 saturated heterocycles. The molecule has 2 nitrogen and oxygen atoms in total. The van der Waals surface area contributed by atoms with E-state index < -0.39 is 0 Å². The molecular formula is C50H31NOS. The van der Waals surface area contributed by atoms with Gasteiger partial charge in [-0.05, 0) is 99.1 Å². The molecule has 0 N–H and O–H groups in total. The van der Waals surface area contributed by atoms with E-state index >= 15 is 0 Å². The number of fused-ring (bicyclic) bond motifs is 9. The first-order valence-corrected chi connectivity index (χ1v) is 18.8. The number of rotatable bonds is 5. The Morgan fingerprint density at radius 2 is 1.09 bits per heavy atom. The average molecular weight is 694 g/mol. The molecule has 0 spiro atoms. The Kier molecular flexibility index (Phi) is 6.76. The molecule has 0 aliphatic heterocycles. The Morgan fingerprint density at radius 3 is 1.96 bits per heavy atom. The molecule has 0 aliphatic carbocycles. The number of furan rings is 1. The minimum absolute atomic E-state index is 0.878. The van der Waals surface area contributed by atoms with Crippen LogP contribution in [0.2, 0.25) is 0 Å². The summed E-state index contributed by atoms with van der Waals surface area (Å²) in [5.74, 6) is 0. The van der Waals surface area contributed by atoms with Crippen molar-refractivity contribution in [3.63, 3.8) is 0 Å². The molecular weight excluding hydrogens is 663 g/mol. The molecule has 2 heterocycles. The lowest BCUT2D eigenvalue weighted by Gasteiger charge is -2.27. The summed E-state index contributed by atoms with van der Waals surface area (Å²) in [4.78, 5) is 2.42. The summed E-state index contributed by atoms with van der Waals surface area (Å²) in [5, 5.41) is 9.56. The van der Waals surface area contributed by atoms with Crippen LogP contribution in [-0.2, 0) is 0 Å². The lowest BCUT2D eigenvalue weighted by atomic mass is 9.95. The Labute approximate surface area is 310 Å². The molecule has 11 aromatic rings. The quantitative estimate of drug-likeness (QED) is 0.178. The van der Waals surface area contributed by atoms with Crippen molar-refractivity contribution in [2.45, 2.75) is 0 Å². The van der Waals surface area contributed by atoms with Crippen molar-refractivity contribution >= 4 is 92.1 Å². The zero-order chi connectivity index (χ0) is 34.9. The molecule has 0 aliphatic rings. The van der Waals surface area contributed by atoms with E-state index in [1.165, 1.54) is 58.6 Å². The van der Waals surface area contributed by atoms with Crippen molar-refractivity contribution in [3.05, 3.63) is 188 Å². The number of anilines is 3. The van der Waals surface area contributed by atoms with Gasteiger partial charge in [-0.25, -0.2) is 0 Å². The van der Waals surface area contributed by atoms with E-state index in [4.69, 9.17) is 4.42 Å². The van der Waals surface area contributed by atoms with Crippen LogP contribution < -0.4 is 4.90 Å². The summed E-state index contributed by atoms with van der Waals surface area (Å²) in [6, 6.07) is 68.0. The minimum atomic E-state index is 0.878. The summed E-state index contributed by atoms with van der Waals surface area (Å²) >= 11 is 1.85. The molecule has 53 heavy (non-hydrogen) atoms. The first-order chi connectivity index (χ1) is 26.3. The molecule has 0 amide bonds. The highest BCUT2D eigenvalue weighted by Crippen LogP contribution is 2.47. The third-order valence-corrected chi connectivity index (χ3v) is 11.8. The SMILES string of the molecule is c1ccc(-c2cc3ccccc3c3oc4ccc(N(c5ccc(-c6ccc7ccccc7c6)cc5)c5cccc6sc7ccccc7c56)cc4c23)cc1. The second kappa shape index (κ2) is 11.9. The van der Waals surface area contributed by atoms with Crippen molar-refractivity contribution in [1.82, 2.24) is 0 Å². The number of hydrogen-bond donors (Lipinski definition) is 0. The Morgan fingerprint density at radius 1 is 0.396 bits per heavy atom. The van der Waals surface area contributed by atoms with Gasteiger partial charge in [0.1, 0.15) is 11.2 Å². The molecule has 248 valence electrons. The maximum absolute atomic E-state index is 6.77. The van der Waals surface area contributed by atoms with E-state index in [1.807, 2.05) is 11.3 Å². The van der Waals surface area contributed by atoms with Crippen LogP contribution >= 0.6 is 11.3 Å². The topological polar surface area (TPSA) is 16.4 Å². The fourth-order valence-electron chi connectivity index (χ4n) is 8.13. The maximum atomic E-state index is 6.77. The number of thiophene rings is 1. The lowest BCUT2D eigenvalue weighted by Crippen LogP contribution is -2.10. The van der Waals surface area contributed by atoms with Crippen LogP contribution in [0.5, 0.6) is 0 Å². The van der Waals surface area contributed by atoms with Crippen molar-refractivity contribution < 1.29 is 4.42 Å². The van der Waals surface area contributed by atoms with Crippen LogP contribution in [0.4, 0.5) is 17.1 Å². The summed E-state index contributed by atoms with van der Waals surface area (Å²) < 4.78 is 9.33. The normalized spacial score (nSPS) is 11.8. The van der Waals surface area contributed by atoms with Crippen LogP contribution in [0, 0.1) is 0 Å². The van der Waals surface area contributed by atoms with Gasteiger partial charge >= 0.3 is 0 Å². The second-order valence-corrected chi connectivity index (χ2v) is 14.8. The molecule has 9 aromatic carbocycles. The largest absolute Gasteiger partial charge is 0.455 e. The van der Waals surface area contributed by atoms with E-state index in [0.717, 1.165) is 44.4 Å². The predicted octanol–water partition coefficient (Wildman–Crippen LogP) is 15.1. The molecule has 0 radical (unpaired) electrons. The van der Waals surface area contributed by atoms with Gasteiger partial charge in [0.05, 0.1) is 5.69 Å². The molecule has 3 heteroatoms. The third-order valence-electron chi connectivity index (χ3n) is 10.6. The zero-order valence-electron chi connectivity index (χ0n) is 28.7. The summed E-state index contributed by atoms with van der Waals surface area (Å²) in [6.07, 6.45) is 0. The average Bonchev–Trinajstić information content (AvgIpc) is 3.80. The van der Waals surface area contributed by atoms with Gasteiger partial charge in [0.25, 0.3) is 0 Å². The first-order valence-electron chi connectivity index (χ1n) is 18.0. The van der Waals surface area contributed by atoms with Crippen molar-refractivity contribution in [3.8, 4) is 22.3 Å². The summed E-state index contributed by atoms with van der Waals surface area (Å²) in [6.45, 7) is 0. The zero-order valence-corrected chi connectivity index (χ0v) is 29.5. The van der Waals surface area contributed by atoms with E-state index in [9.17, 15) is 0 Å². The predicted molar refractivity (Wildman–Crippen MR) is 227 cm³/mol. The number of benzene rings is 9. The van der Waals surface area contributed by atoms with E-state index in [0.29, 0.717) is 0 Å². The molecule has 0 fully saturated rings. The van der Waals surface area contributed by atoms with Gasteiger partial charge in [-0.3, -0.25) is 0 Å². The minimum Gasteiger partial charge on any atom is -0.455 e. The van der Waals surface area contributed by atoms with Gasteiger partial charge in [-0.2, -0.15) is 0 Å². The van der Waals surface area contributed by atoms with Gasteiger partial charge < -0.3 is 9.32 Å². The molecule has 0 atom stereocenters. The second-order valence-electron chi connectivity index (χ2n) is 13.7. The Hall–Kier alpha value is -6.68. The van der Waals surface area contributed by atoms with Crippen LogP contribution in [0.15, 0.2) is 192 Å². The summed E-state index contributed by atoms with van der Waals surface area (Å²) in [7, 11) is 0. The van der Waals surface area contributed by atoms with Crippen LogP contribution in [-0.4, -0.2) is 0 Å². The first kappa shape index (κ1) is 30.0. The highest BCUT2D eigenvalue weighted by molar-refractivity contribution is 7.26. The smallest absolute Gasteiger partial charge is 0.143 e. The van der Waals surface area contributed by atoms with Gasteiger partial charge in [0.2, 0.25) is 0 Å². The molecule has 0 saturated carbocycles. The van der Waals surface area contributed by atoms with Crippen LogP contribution in [0.25, 0.3) is 85.9 Å². The van der Waals surface area contributed by atoms with Crippen molar-refractivity contribution in [2.75, 3.05) is 4.90 Å². The number of nitrogens with zero attached hydrogens (tertiary/aromatic N) is 1. The molecule has 0 bridgehead atoms. The maximum Gasteiger partial charge on any atom is 0.143 e. The fraction of sp³-hybridized carbons (Fsp3) is 0. The van der Waals surface area contributed by atoms with E-state index in [1.54, 1.807) is 0 Å².